The van der Waals surface area contributed by atoms with E-state index in [-0.39, 0.29) is 15.8 Å². The van der Waals surface area contributed by atoms with Gasteiger partial charge in [0.1, 0.15) is 0 Å². The van der Waals surface area contributed by atoms with Gasteiger partial charge in [-0.05, 0) is 36.5 Å². The van der Waals surface area contributed by atoms with Crippen LogP contribution in [0.4, 0.5) is 0 Å². The first-order chi connectivity index (χ1) is 9.61. The third kappa shape index (κ3) is 3.35. The van der Waals surface area contributed by atoms with Gasteiger partial charge in [-0.2, -0.15) is 0 Å². The largest absolute Gasteiger partial charge is 0.338 e. The number of amides is 1. The highest BCUT2D eigenvalue weighted by Gasteiger charge is 2.31. The minimum atomic E-state index is -3.93. The van der Waals surface area contributed by atoms with E-state index in [4.69, 9.17) is 22.3 Å². The van der Waals surface area contributed by atoms with Crippen LogP contribution in [0.2, 0.25) is 5.02 Å². The standard InChI is InChI=1S/C14H17Cl2NO3S/c1-8-6-17(7-9(8)2)14(18)12-4-11(21(16,19)20)5-13(15)10(12)3/h4-5,8-9H,6-7H2,1-3H3. The van der Waals surface area contributed by atoms with Gasteiger partial charge in [-0.25, -0.2) is 8.42 Å². The molecule has 116 valence electrons. The molecular formula is C14H17Cl2NO3S. The highest BCUT2D eigenvalue weighted by atomic mass is 35.7. The lowest BCUT2D eigenvalue weighted by molar-refractivity contribution is 0.0784. The van der Waals surface area contributed by atoms with Gasteiger partial charge in [0, 0.05) is 34.4 Å². The van der Waals surface area contributed by atoms with E-state index >= 15 is 0 Å². The Morgan fingerprint density at radius 1 is 1.24 bits per heavy atom. The minimum absolute atomic E-state index is 0.150. The third-order valence-corrected chi connectivity index (χ3v) is 5.83. The maximum absolute atomic E-state index is 12.6. The lowest BCUT2D eigenvalue weighted by atomic mass is 10.0. The van der Waals surface area contributed by atoms with Crippen molar-refractivity contribution in [2.45, 2.75) is 25.7 Å². The molecule has 4 nitrogen and oxygen atoms in total. The van der Waals surface area contributed by atoms with Crippen molar-refractivity contribution in [3.63, 3.8) is 0 Å². The van der Waals surface area contributed by atoms with Crippen molar-refractivity contribution in [1.82, 2.24) is 4.90 Å². The maximum Gasteiger partial charge on any atom is 0.261 e. The number of hydrogen-bond acceptors (Lipinski definition) is 3. The Morgan fingerprint density at radius 3 is 2.24 bits per heavy atom. The van der Waals surface area contributed by atoms with Gasteiger partial charge in [-0.15, -0.1) is 0 Å². The maximum atomic E-state index is 12.6. The molecule has 0 aliphatic carbocycles. The van der Waals surface area contributed by atoms with Crippen LogP contribution in [0.5, 0.6) is 0 Å². The van der Waals surface area contributed by atoms with Crippen LogP contribution in [0.3, 0.4) is 0 Å². The smallest absolute Gasteiger partial charge is 0.261 e. The lowest BCUT2D eigenvalue weighted by Crippen LogP contribution is -2.29. The molecule has 1 aromatic carbocycles. The normalized spacial score (nSPS) is 22.6. The first-order valence-electron chi connectivity index (χ1n) is 6.65. The summed E-state index contributed by atoms with van der Waals surface area (Å²) in [5.74, 6) is 0.641. The van der Waals surface area contributed by atoms with Crippen LogP contribution >= 0.6 is 22.3 Å². The fourth-order valence-electron chi connectivity index (χ4n) is 2.48. The number of nitrogens with zero attached hydrogens (tertiary/aromatic N) is 1. The molecule has 0 bridgehead atoms. The Hall–Kier alpha value is -0.780. The Bertz CT molecular complexity index is 678. The van der Waals surface area contributed by atoms with E-state index in [0.717, 1.165) is 0 Å². The van der Waals surface area contributed by atoms with Crippen molar-refractivity contribution in [1.29, 1.82) is 0 Å². The number of hydrogen-bond donors (Lipinski definition) is 0. The zero-order chi connectivity index (χ0) is 15.9. The molecule has 1 aliphatic rings. The molecule has 1 saturated heterocycles. The molecule has 2 rings (SSSR count). The number of carbonyl (C=O) groups is 1. The minimum Gasteiger partial charge on any atom is -0.338 e. The molecule has 0 saturated carbocycles. The molecule has 21 heavy (non-hydrogen) atoms. The third-order valence-electron chi connectivity index (χ3n) is 4.11. The summed E-state index contributed by atoms with van der Waals surface area (Å²) in [5, 5.41) is 0.223. The second-order valence-corrected chi connectivity index (χ2v) is 8.65. The van der Waals surface area contributed by atoms with E-state index in [1.54, 1.807) is 11.8 Å². The van der Waals surface area contributed by atoms with Gasteiger partial charge in [0.05, 0.1) is 4.90 Å². The molecule has 0 spiro atoms. The predicted octanol–water partition coefficient (Wildman–Crippen LogP) is 3.30. The number of benzene rings is 1. The molecule has 1 heterocycles. The van der Waals surface area contributed by atoms with Crippen molar-refractivity contribution in [2.24, 2.45) is 11.8 Å². The van der Waals surface area contributed by atoms with Gasteiger partial charge in [0.2, 0.25) is 0 Å². The fourth-order valence-corrected chi connectivity index (χ4v) is 3.55. The van der Waals surface area contributed by atoms with Crippen LogP contribution in [0.25, 0.3) is 0 Å². The quantitative estimate of drug-likeness (QED) is 0.769. The van der Waals surface area contributed by atoms with E-state index in [2.05, 4.69) is 13.8 Å². The molecule has 2 unspecified atom stereocenters. The summed E-state index contributed by atoms with van der Waals surface area (Å²) in [5.41, 5.74) is 0.862. The Labute approximate surface area is 134 Å². The van der Waals surface area contributed by atoms with Crippen LogP contribution in [0.15, 0.2) is 17.0 Å². The van der Waals surface area contributed by atoms with Crippen LogP contribution < -0.4 is 0 Å². The van der Waals surface area contributed by atoms with Gasteiger partial charge in [-0.3, -0.25) is 4.79 Å². The number of likely N-dealkylation sites (tertiary alicyclic amines) is 1. The van der Waals surface area contributed by atoms with E-state index in [0.29, 0.717) is 36.1 Å². The average molecular weight is 350 g/mol. The van der Waals surface area contributed by atoms with Crippen molar-refractivity contribution in [3.8, 4) is 0 Å². The molecule has 1 aliphatic heterocycles. The number of carbonyl (C=O) groups excluding carboxylic acids is 1. The van der Waals surface area contributed by atoms with Crippen molar-refractivity contribution >= 4 is 37.2 Å². The van der Waals surface area contributed by atoms with Gasteiger partial charge in [0.15, 0.2) is 0 Å². The summed E-state index contributed by atoms with van der Waals surface area (Å²) < 4.78 is 23.0. The summed E-state index contributed by atoms with van der Waals surface area (Å²) in [6.07, 6.45) is 0. The Morgan fingerprint density at radius 2 is 1.76 bits per heavy atom. The lowest BCUT2D eigenvalue weighted by Gasteiger charge is -2.18. The number of halogens is 2. The monoisotopic (exact) mass is 349 g/mol. The van der Waals surface area contributed by atoms with E-state index in [1.165, 1.54) is 12.1 Å². The van der Waals surface area contributed by atoms with Crippen LogP contribution in [0.1, 0.15) is 29.8 Å². The summed E-state index contributed by atoms with van der Waals surface area (Å²) in [7, 11) is 1.43. The summed E-state index contributed by atoms with van der Waals surface area (Å²) in [6, 6.07) is 2.57. The predicted molar refractivity (Wildman–Crippen MR) is 83.5 cm³/mol. The van der Waals surface area contributed by atoms with Gasteiger partial charge in [-0.1, -0.05) is 25.4 Å². The second kappa shape index (κ2) is 5.78. The zero-order valence-corrected chi connectivity index (χ0v) is 14.4. The van der Waals surface area contributed by atoms with Crippen LogP contribution in [0, 0.1) is 18.8 Å². The van der Waals surface area contributed by atoms with Crippen LogP contribution in [-0.2, 0) is 9.05 Å². The molecule has 1 aromatic rings. The molecule has 0 N–H and O–H groups in total. The average Bonchev–Trinajstić information content (AvgIpc) is 2.70. The topological polar surface area (TPSA) is 54.5 Å². The molecule has 0 radical (unpaired) electrons. The summed E-state index contributed by atoms with van der Waals surface area (Å²) in [4.78, 5) is 14.2. The van der Waals surface area contributed by atoms with Crippen LogP contribution in [-0.4, -0.2) is 32.3 Å². The molecule has 1 fully saturated rings. The van der Waals surface area contributed by atoms with Gasteiger partial charge < -0.3 is 4.90 Å². The first kappa shape index (κ1) is 16.6. The molecule has 1 amide bonds. The highest BCUT2D eigenvalue weighted by Crippen LogP contribution is 2.29. The van der Waals surface area contributed by atoms with Crippen molar-refractivity contribution < 1.29 is 13.2 Å². The zero-order valence-electron chi connectivity index (χ0n) is 12.1. The van der Waals surface area contributed by atoms with E-state index < -0.39 is 9.05 Å². The van der Waals surface area contributed by atoms with Gasteiger partial charge >= 0.3 is 0 Å². The SMILES string of the molecule is Cc1c(Cl)cc(S(=O)(=O)Cl)cc1C(=O)N1CC(C)C(C)C1. The molecule has 2 atom stereocenters. The second-order valence-electron chi connectivity index (χ2n) is 5.68. The molecule has 0 aromatic heterocycles. The fraction of sp³-hybridized carbons (Fsp3) is 0.500. The summed E-state index contributed by atoms with van der Waals surface area (Å²) >= 11 is 6.04. The number of rotatable bonds is 2. The Kier molecular flexibility index (Phi) is 4.57. The highest BCUT2D eigenvalue weighted by molar-refractivity contribution is 8.13. The Balaban J connectivity index is 2.44. The molecular weight excluding hydrogens is 333 g/mol. The summed E-state index contributed by atoms with van der Waals surface area (Å²) in [6.45, 7) is 7.21. The molecule has 7 heteroatoms. The van der Waals surface area contributed by atoms with Crippen molar-refractivity contribution in [3.05, 3.63) is 28.3 Å². The van der Waals surface area contributed by atoms with Crippen molar-refractivity contribution in [2.75, 3.05) is 13.1 Å². The van der Waals surface area contributed by atoms with Gasteiger partial charge in [0.25, 0.3) is 15.0 Å². The first-order valence-corrected chi connectivity index (χ1v) is 9.34. The van der Waals surface area contributed by atoms with E-state index in [1.807, 2.05) is 0 Å². The van der Waals surface area contributed by atoms with E-state index in [9.17, 15) is 13.2 Å².